The van der Waals surface area contributed by atoms with Crippen LogP contribution in [-0.2, 0) is 14.3 Å². The van der Waals surface area contributed by atoms with Crippen LogP contribution in [0.1, 0.15) is 20.8 Å². The first-order chi connectivity index (χ1) is 6.91. The van der Waals surface area contributed by atoms with Crippen molar-refractivity contribution < 1.29 is 19.4 Å². The van der Waals surface area contributed by atoms with Crippen molar-refractivity contribution in [2.24, 2.45) is 11.8 Å². The predicted molar refractivity (Wildman–Crippen MR) is 50.8 cm³/mol. The molecule has 0 aromatic carbocycles. The number of fused-ring (bicyclic) bond motifs is 1. The molecule has 0 radical (unpaired) electrons. The molecule has 0 bridgehead atoms. The first kappa shape index (κ1) is 10.4. The minimum atomic E-state index is -1.19. The molecule has 5 nitrogen and oxygen atoms in total. The molecule has 15 heavy (non-hydrogen) atoms. The Morgan fingerprint density at radius 1 is 1.47 bits per heavy atom. The second-order valence-electron chi connectivity index (χ2n) is 4.66. The summed E-state index contributed by atoms with van der Waals surface area (Å²) < 4.78 is 4.94. The quantitative estimate of drug-likeness (QED) is 0.602. The van der Waals surface area contributed by atoms with Crippen LogP contribution >= 0.6 is 0 Å². The maximum atomic E-state index is 11.5. The smallest absolute Gasteiger partial charge is 0.338 e. The van der Waals surface area contributed by atoms with Crippen LogP contribution in [0.3, 0.4) is 0 Å². The number of esters is 1. The van der Waals surface area contributed by atoms with Crippen LogP contribution in [-0.4, -0.2) is 34.7 Å². The number of hydrogen-bond acceptors (Lipinski definition) is 4. The molecule has 0 aromatic rings. The van der Waals surface area contributed by atoms with Crippen molar-refractivity contribution in [3.05, 3.63) is 0 Å². The molecular weight excluding hydrogens is 198 g/mol. The minimum absolute atomic E-state index is 0.106. The van der Waals surface area contributed by atoms with E-state index in [0.717, 1.165) is 0 Å². The van der Waals surface area contributed by atoms with Crippen molar-refractivity contribution in [3.8, 4) is 0 Å². The molecule has 2 N–H and O–H groups in total. The summed E-state index contributed by atoms with van der Waals surface area (Å²) in [7, 11) is 0. The van der Waals surface area contributed by atoms with Crippen LogP contribution in [0.15, 0.2) is 0 Å². The maximum absolute atomic E-state index is 11.5. The van der Waals surface area contributed by atoms with Crippen LogP contribution in [0.4, 0.5) is 0 Å². The summed E-state index contributed by atoms with van der Waals surface area (Å²) >= 11 is 0. The lowest BCUT2D eigenvalue weighted by atomic mass is 9.76. The molecule has 0 saturated carbocycles. The zero-order valence-corrected chi connectivity index (χ0v) is 8.98. The second kappa shape index (κ2) is 2.95. The van der Waals surface area contributed by atoms with Gasteiger partial charge < -0.3 is 15.2 Å². The van der Waals surface area contributed by atoms with E-state index in [-0.39, 0.29) is 17.7 Å². The molecule has 2 heterocycles. The van der Waals surface area contributed by atoms with E-state index in [0.29, 0.717) is 0 Å². The van der Waals surface area contributed by atoms with Crippen molar-refractivity contribution in [1.82, 2.24) is 5.32 Å². The van der Waals surface area contributed by atoms with Gasteiger partial charge in [-0.25, -0.2) is 4.79 Å². The van der Waals surface area contributed by atoms with Gasteiger partial charge in [0.15, 0.2) is 0 Å². The van der Waals surface area contributed by atoms with E-state index in [2.05, 4.69) is 5.32 Å². The molecule has 2 fully saturated rings. The van der Waals surface area contributed by atoms with E-state index in [9.17, 15) is 14.7 Å². The van der Waals surface area contributed by atoms with Gasteiger partial charge in [0.05, 0.1) is 12.0 Å². The van der Waals surface area contributed by atoms with Gasteiger partial charge in [-0.2, -0.15) is 0 Å². The number of carbonyl (C=O) groups is 2. The normalized spacial score (nSPS) is 40.6. The van der Waals surface area contributed by atoms with Crippen LogP contribution in [0.5, 0.6) is 0 Å². The molecule has 2 unspecified atom stereocenters. The molecule has 1 amide bonds. The molecule has 0 aliphatic carbocycles. The van der Waals surface area contributed by atoms with Crippen LogP contribution in [0.2, 0.25) is 0 Å². The van der Waals surface area contributed by atoms with Gasteiger partial charge in [-0.15, -0.1) is 0 Å². The highest BCUT2D eigenvalue weighted by molar-refractivity contribution is 5.99. The second-order valence-corrected chi connectivity index (χ2v) is 4.66. The summed E-state index contributed by atoms with van der Waals surface area (Å²) in [6.07, 6.45) is -1.41. The van der Waals surface area contributed by atoms with Crippen molar-refractivity contribution in [2.75, 3.05) is 0 Å². The SMILES string of the molecule is CC(C)C(O)[C@@]12NC(=O)C(C)[C@@H]1OC2=O. The molecule has 2 aliphatic heterocycles. The Bertz CT molecular complexity index is 327. The Morgan fingerprint density at radius 3 is 2.47 bits per heavy atom. The monoisotopic (exact) mass is 213 g/mol. The molecular formula is C10H15NO4. The van der Waals surface area contributed by atoms with Gasteiger partial charge in [0.2, 0.25) is 11.4 Å². The summed E-state index contributed by atoms with van der Waals surface area (Å²) in [5, 5.41) is 12.6. The molecule has 4 atom stereocenters. The number of nitrogens with one attached hydrogen (secondary N) is 1. The predicted octanol–water partition coefficient (Wildman–Crippen LogP) is -0.567. The molecule has 0 aromatic heterocycles. The van der Waals surface area contributed by atoms with E-state index < -0.39 is 23.7 Å². The summed E-state index contributed by atoms with van der Waals surface area (Å²) in [6, 6.07) is 0. The number of aliphatic hydroxyl groups is 1. The topological polar surface area (TPSA) is 75.6 Å². The van der Waals surface area contributed by atoms with Crippen molar-refractivity contribution in [2.45, 2.75) is 38.5 Å². The fourth-order valence-electron chi connectivity index (χ4n) is 2.33. The molecule has 0 spiro atoms. The van der Waals surface area contributed by atoms with Gasteiger partial charge in [0.1, 0.15) is 6.10 Å². The average Bonchev–Trinajstić information content (AvgIpc) is 2.37. The minimum Gasteiger partial charge on any atom is -0.456 e. The largest absolute Gasteiger partial charge is 0.456 e. The number of carbonyl (C=O) groups excluding carboxylic acids is 2. The summed E-state index contributed by atoms with van der Waals surface area (Å²) in [4.78, 5) is 22.9. The van der Waals surface area contributed by atoms with Gasteiger partial charge in [0, 0.05) is 0 Å². The Labute approximate surface area is 87.8 Å². The molecule has 5 heteroatoms. The Kier molecular flexibility index (Phi) is 2.05. The number of hydrogen-bond donors (Lipinski definition) is 2. The third-order valence-corrected chi connectivity index (χ3v) is 3.32. The number of ether oxygens (including phenoxy) is 1. The highest BCUT2D eigenvalue weighted by atomic mass is 16.6. The Balaban J connectivity index is 2.33. The average molecular weight is 213 g/mol. The Morgan fingerprint density at radius 2 is 2.07 bits per heavy atom. The highest BCUT2D eigenvalue weighted by Crippen LogP contribution is 2.42. The molecule has 2 rings (SSSR count). The van der Waals surface area contributed by atoms with E-state index in [1.165, 1.54) is 0 Å². The van der Waals surface area contributed by atoms with Gasteiger partial charge >= 0.3 is 5.97 Å². The van der Waals surface area contributed by atoms with Crippen LogP contribution < -0.4 is 5.32 Å². The number of aliphatic hydroxyl groups excluding tert-OH is 1. The highest BCUT2D eigenvalue weighted by Gasteiger charge is 2.70. The van der Waals surface area contributed by atoms with Gasteiger partial charge in [-0.05, 0) is 12.8 Å². The Hall–Kier alpha value is -1.10. The molecule has 2 aliphatic rings. The fraction of sp³-hybridized carbons (Fsp3) is 0.800. The van der Waals surface area contributed by atoms with Crippen molar-refractivity contribution in [1.29, 1.82) is 0 Å². The van der Waals surface area contributed by atoms with E-state index in [4.69, 9.17) is 4.74 Å². The van der Waals surface area contributed by atoms with Gasteiger partial charge in [-0.3, -0.25) is 4.79 Å². The summed E-state index contributed by atoms with van der Waals surface area (Å²) in [6.45, 7) is 5.30. The lowest BCUT2D eigenvalue weighted by Crippen LogP contribution is -2.73. The third kappa shape index (κ3) is 1.07. The van der Waals surface area contributed by atoms with E-state index in [1.807, 2.05) is 0 Å². The van der Waals surface area contributed by atoms with Crippen LogP contribution in [0.25, 0.3) is 0 Å². The van der Waals surface area contributed by atoms with Gasteiger partial charge in [-0.1, -0.05) is 13.8 Å². The summed E-state index contributed by atoms with van der Waals surface area (Å²) in [5.41, 5.74) is -1.19. The standard InChI is InChI=1S/C10H15NO4/c1-4(2)6(12)10-7(15-9(10)14)5(3)8(13)11-10/h4-7,12H,1-3H3,(H,11,13)/t5?,6?,7-,10+/m0/s1. The number of rotatable bonds is 2. The fourth-order valence-corrected chi connectivity index (χ4v) is 2.33. The molecule has 84 valence electrons. The third-order valence-electron chi connectivity index (χ3n) is 3.32. The maximum Gasteiger partial charge on any atom is 0.338 e. The first-order valence-electron chi connectivity index (χ1n) is 5.12. The van der Waals surface area contributed by atoms with E-state index in [1.54, 1.807) is 20.8 Å². The first-order valence-corrected chi connectivity index (χ1v) is 5.12. The van der Waals surface area contributed by atoms with E-state index >= 15 is 0 Å². The lowest BCUT2D eigenvalue weighted by Gasteiger charge is -2.46. The lowest BCUT2D eigenvalue weighted by molar-refractivity contribution is -0.206. The zero-order chi connectivity index (χ0) is 11.4. The summed E-state index contributed by atoms with van der Waals surface area (Å²) in [5.74, 6) is -1.24. The van der Waals surface area contributed by atoms with Crippen LogP contribution in [0, 0.1) is 11.8 Å². The van der Waals surface area contributed by atoms with Crippen molar-refractivity contribution in [3.63, 3.8) is 0 Å². The zero-order valence-electron chi connectivity index (χ0n) is 8.98. The molecule has 2 saturated heterocycles. The van der Waals surface area contributed by atoms with Gasteiger partial charge in [0.25, 0.3) is 0 Å². The number of amides is 1. The van der Waals surface area contributed by atoms with Crippen molar-refractivity contribution >= 4 is 11.9 Å².